The van der Waals surface area contributed by atoms with Gasteiger partial charge in [-0.05, 0) is 31.9 Å². The standard InChI is InChI=1S/C19H29N3O3/c1-15(25-17-7-5-4-6-16(17)23-3)12-21-18(20-2)22-10-8-19(13-22)9-11-24-14-19/h4-7,15H,8-14H2,1-3H3,(H,20,21). The molecule has 138 valence electrons. The molecule has 6 heteroatoms. The lowest BCUT2D eigenvalue weighted by atomic mass is 9.87. The summed E-state index contributed by atoms with van der Waals surface area (Å²) in [5.41, 5.74) is 0.330. The molecule has 2 atom stereocenters. The van der Waals surface area contributed by atoms with Crippen LogP contribution >= 0.6 is 0 Å². The van der Waals surface area contributed by atoms with Gasteiger partial charge in [0.25, 0.3) is 0 Å². The molecule has 1 aromatic rings. The molecule has 3 rings (SSSR count). The molecule has 1 spiro atoms. The van der Waals surface area contributed by atoms with Crippen LogP contribution in [-0.2, 0) is 4.74 Å². The van der Waals surface area contributed by atoms with Crippen molar-refractivity contribution in [3.63, 3.8) is 0 Å². The molecule has 0 bridgehead atoms. The van der Waals surface area contributed by atoms with E-state index in [0.29, 0.717) is 12.0 Å². The first-order valence-electron chi connectivity index (χ1n) is 8.99. The molecule has 25 heavy (non-hydrogen) atoms. The predicted molar refractivity (Wildman–Crippen MR) is 98.5 cm³/mol. The first-order valence-corrected chi connectivity index (χ1v) is 8.99. The molecule has 2 aliphatic heterocycles. The second kappa shape index (κ2) is 7.95. The average Bonchev–Trinajstić information content (AvgIpc) is 3.26. The third-order valence-corrected chi connectivity index (χ3v) is 5.08. The topological polar surface area (TPSA) is 55.3 Å². The number of benzene rings is 1. The zero-order valence-electron chi connectivity index (χ0n) is 15.5. The van der Waals surface area contributed by atoms with Crippen LogP contribution in [0.4, 0.5) is 0 Å². The number of rotatable bonds is 5. The highest BCUT2D eigenvalue weighted by Gasteiger charge is 2.42. The second-order valence-corrected chi connectivity index (χ2v) is 6.98. The smallest absolute Gasteiger partial charge is 0.193 e. The van der Waals surface area contributed by atoms with Gasteiger partial charge in [-0.25, -0.2) is 0 Å². The van der Waals surface area contributed by atoms with Gasteiger partial charge >= 0.3 is 0 Å². The number of nitrogens with zero attached hydrogens (tertiary/aromatic N) is 2. The monoisotopic (exact) mass is 347 g/mol. The molecule has 0 radical (unpaired) electrons. The van der Waals surface area contributed by atoms with Gasteiger partial charge in [-0.2, -0.15) is 0 Å². The molecule has 2 saturated heterocycles. The molecule has 0 amide bonds. The first kappa shape index (κ1) is 17.9. The fourth-order valence-electron chi connectivity index (χ4n) is 3.63. The summed E-state index contributed by atoms with van der Waals surface area (Å²) >= 11 is 0. The van der Waals surface area contributed by atoms with Gasteiger partial charge in [0.1, 0.15) is 6.10 Å². The Morgan fingerprint density at radius 1 is 1.36 bits per heavy atom. The fourth-order valence-corrected chi connectivity index (χ4v) is 3.63. The molecule has 6 nitrogen and oxygen atoms in total. The Morgan fingerprint density at radius 3 is 2.84 bits per heavy atom. The van der Waals surface area contributed by atoms with Crippen LogP contribution in [0.15, 0.2) is 29.3 Å². The van der Waals surface area contributed by atoms with E-state index in [1.165, 1.54) is 6.42 Å². The Kier molecular flexibility index (Phi) is 5.68. The van der Waals surface area contributed by atoms with Gasteiger partial charge in [0, 0.05) is 32.2 Å². The van der Waals surface area contributed by atoms with Gasteiger partial charge in [-0.3, -0.25) is 4.99 Å². The highest BCUT2D eigenvalue weighted by Crippen LogP contribution is 2.38. The van der Waals surface area contributed by atoms with E-state index in [1.807, 2.05) is 38.2 Å². The molecule has 0 aromatic heterocycles. The molecule has 0 aliphatic carbocycles. The summed E-state index contributed by atoms with van der Waals surface area (Å²) in [5, 5.41) is 3.44. The predicted octanol–water partition coefficient (Wildman–Crippen LogP) is 2.15. The Labute approximate surface area is 150 Å². The van der Waals surface area contributed by atoms with Crippen LogP contribution in [0.3, 0.4) is 0 Å². The minimum atomic E-state index is -0.000530. The normalized spacial score (nSPS) is 24.6. The van der Waals surface area contributed by atoms with Gasteiger partial charge in [0.15, 0.2) is 17.5 Å². The summed E-state index contributed by atoms with van der Waals surface area (Å²) in [4.78, 5) is 6.79. The van der Waals surface area contributed by atoms with Gasteiger partial charge in [-0.1, -0.05) is 12.1 Å². The lowest BCUT2D eigenvalue weighted by molar-refractivity contribution is 0.156. The van der Waals surface area contributed by atoms with E-state index in [4.69, 9.17) is 14.2 Å². The molecule has 0 saturated carbocycles. The summed E-state index contributed by atoms with van der Waals surface area (Å²) in [6.07, 6.45) is 2.34. The first-order chi connectivity index (χ1) is 12.2. The maximum atomic E-state index is 6.01. The van der Waals surface area contributed by atoms with Crippen LogP contribution in [0.5, 0.6) is 11.5 Å². The van der Waals surface area contributed by atoms with E-state index in [1.54, 1.807) is 7.11 Å². The molecule has 2 heterocycles. The van der Waals surface area contributed by atoms with Crippen molar-refractivity contribution >= 4 is 5.96 Å². The van der Waals surface area contributed by atoms with Crippen LogP contribution in [0.25, 0.3) is 0 Å². The summed E-state index contributed by atoms with van der Waals surface area (Å²) < 4.78 is 17.0. The van der Waals surface area contributed by atoms with Crippen molar-refractivity contribution in [1.82, 2.24) is 10.2 Å². The maximum Gasteiger partial charge on any atom is 0.193 e. The molecular formula is C19H29N3O3. The number of nitrogens with one attached hydrogen (secondary N) is 1. The SMILES string of the molecule is CN=C(NCC(C)Oc1ccccc1OC)N1CCC2(CCOC2)C1. The number of aliphatic imine (C=N–C) groups is 1. The third-order valence-electron chi connectivity index (χ3n) is 5.08. The quantitative estimate of drug-likeness (QED) is 0.653. The lowest BCUT2D eigenvalue weighted by Gasteiger charge is -2.26. The Morgan fingerprint density at radius 2 is 2.16 bits per heavy atom. The van der Waals surface area contributed by atoms with Crippen LogP contribution in [0.2, 0.25) is 0 Å². The maximum absolute atomic E-state index is 6.01. The zero-order valence-corrected chi connectivity index (χ0v) is 15.5. The van der Waals surface area contributed by atoms with Crippen LogP contribution in [-0.4, -0.2) is 64.0 Å². The fraction of sp³-hybridized carbons (Fsp3) is 0.632. The summed E-state index contributed by atoms with van der Waals surface area (Å²) in [7, 11) is 3.49. The van der Waals surface area contributed by atoms with E-state index >= 15 is 0 Å². The number of ether oxygens (including phenoxy) is 3. The molecule has 2 fully saturated rings. The van der Waals surface area contributed by atoms with E-state index in [9.17, 15) is 0 Å². The molecule has 2 aliphatic rings. The summed E-state index contributed by atoms with van der Waals surface area (Å²) in [6.45, 7) is 6.56. The Balaban J connectivity index is 1.51. The molecular weight excluding hydrogens is 318 g/mol. The minimum Gasteiger partial charge on any atom is -0.493 e. The largest absolute Gasteiger partial charge is 0.493 e. The number of para-hydroxylation sites is 2. The van der Waals surface area contributed by atoms with E-state index in [-0.39, 0.29) is 6.10 Å². The third kappa shape index (κ3) is 4.18. The van der Waals surface area contributed by atoms with Crippen molar-refractivity contribution in [2.45, 2.75) is 25.9 Å². The van der Waals surface area contributed by atoms with Crippen LogP contribution in [0, 0.1) is 5.41 Å². The van der Waals surface area contributed by atoms with E-state index in [0.717, 1.165) is 50.2 Å². The Bertz CT molecular complexity index is 599. The molecule has 2 unspecified atom stereocenters. The average molecular weight is 347 g/mol. The van der Waals surface area contributed by atoms with E-state index in [2.05, 4.69) is 15.2 Å². The Hall–Kier alpha value is -1.95. The summed E-state index contributed by atoms with van der Waals surface area (Å²) in [6, 6.07) is 7.72. The number of likely N-dealkylation sites (tertiary alicyclic amines) is 1. The lowest BCUT2D eigenvalue weighted by Crippen LogP contribution is -2.44. The van der Waals surface area contributed by atoms with Gasteiger partial charge in [0.2, 0.25) is 0 Å². The number of methoxy groups -OCH3 is 1. The van der Waals surface area contributed by atoms with Crippen molar-refractivity contribution < 1.29 is 14.2 Å². The number of guanidine groups is 1. The van der Waals surface area contributed by atoms with E-state index < -0.39 is 0 Å². The molecule has 1 N–H and O–H groups in total. The van der Waals surface area contributed by atoms with Crippen molar-refractivity contribution in [3.8, 4) is 11.5 Å². The van der Waals surface area contributed by atoms with Crippen LogP contribution < -0.4 is 14.8 Å². The molecule has 1 aromatic carbocycles. The summed E-state index contributed by atoms with van der Waals surface area (Å²) in [5.74, 6) is 2.46. The van der Waals surface area contributed by atoms with Gasteiger partial charge in [0.05, 0.1) is 20.3 Å². The van der Waals surface area contributed by atoms with Gasteiger partial charge in [-0.15, -0.1) is 0 Å². The number of hydrogen-bond donors (Lipinski definition) is 1. The highest BCUT2D eigenvalue weighted by atomic mass is 16.5. The van der Waals surface area contributed by atoms with Crippen molar-refractivity contribution in [2.75, 3.05) is 47.0 Å². The van der Waals surface area contributed by atoms with Crippen molar-refractivity contribution in [3.05, 3.63) is 24.3 Å². The van der Waals surface area contributed by atoms with Crippen molar-refractivity contribution in [1.29, 1.82) is 0 Å². The van der Waals surface area contributed by atoms with Crippen LogP contribution in [0.1, 0.15) is 19.8 Å². The van der Waals surface area contributed by atoms with Crippen molar-refractivity contribution in [2.24, 2.45) is 10.4 Å². The minimum absolute atomic E-state index is 0.000530. The highest BCUT2D eigenvalue weighted by molar-refractivity contribution is 5.80. The second-order valence-electron chi connectivity index (χ2n) is 6.98. The van der Waals surface area contributed by atoms with Gasteiger partial charge < -0.3 is 24.4 Å². The number of hydrogen-bond acceptors (Lipinski definition) is 4. The zero-order chi connectivity index (χ0) is 17.7.